The molecule has 0 radical (unpaired) electrons. The fraction of sp³-hybridized carbons (Fsp3) is 0.625. The zero-order valence-corrected chi connectivity index (χ0v) is 15.6. The number of benzene rings is 1. The monoisotopic (exact) mass is 376 g/mol. The van der Waals surface area contributed by atoms with E-state index in [9.17, 15) is 8.42 Å². The standard InChI is InChI=1S/C16H25ClN2O4S/c1-12-4-3-7-19(14(12)11-18)24(20,21)16-10-13(17)5-6-15(16)23-9-8-22-2/h5-6,10,12,14H,3-4,7-9,11,18H2,1-2H3/t12-,14-/m0/s1. The number of sulfonamides is 1. The molecule has 1 aromatic rings. The van der Waals surface area contributed by atoms with E-state index < -0.39 is 10.0 Å². The predicted octanol–water partition coefficient (Wildman–Crippen LogP) is 2.11. The summed E-state index contributed by atoms with van der Waals surface area (Å²) in [5.74, 6) is 0.501. The van der Waals surface area contributed by atoms with Crippen LogP contribution >= 0.6 is 11.6 Å². The van der Waals surface area contributed by atoms with Gasteiger partial charge in [-0.05, 0) is 37.0 Å². The van der Waals surface area contributed by atoms with Gasteiger partial charge in [-0.3, -0.25) is 0 Å². The van der Waals surface area contributed by atoms with Gasteiger partial charge in [-0.25, -0.2) is 8.42 Å². The lowest BCUT2D eigenvalue weighted by molar-refractivity contribution is 0.144. The van der Waals surface area contributed by atoms with E-state index in [4.69, 9.17) is 26.8 Å². The molecule has 1 aliphatic heterocycles. The lowest BCUT2D eigenvalue weighted by Crippen LogP contribution is -2.51. The summed E-state index contributed by atoms with van der Waals surface area (Å²) in [5, 5.41) is 0.349. The highest BCUT2D eigenvalue weighted by molar-refractivity contribution is 7.89. The Kier molecular flexibility index (Phi) is 6.88. The van der Waals surface area contributed by atoms with Crippen LogP contribution in [0.3, 0.4) is 0 Å². The zero-order chi connectivity index (χ0) is 17.7. The minimum Gasteiger partial charge on any atom is -0.490 e. The Bertz CT molecular complexity index is 653. The van der Waals surface area contributed by atoms with Gasteiger partial charge in [0.05, 0.1) is 6.61 Å². The summed E-state index contributed by atoms with van der Waals surface area (Å²) in [7, 11) is -2.18. The number of hydrogen-bond donors (Lipinski definition) is 1. The van der Waals surface area contributed by atoms with Crippen molar-refractivity contribution in [3.63, 3.8) is 0 Å². The van der Waals surface area contributed by atoms with Crippen LogP contribution in [0.4, 0.5) is 0 Å². The molecule has 0 amide bonds. The fourth-order valence-electron chi connectivity index (χ4n) is 3.02. The summed E-state index contributed by atoms with van der Waals surface area (Å²) in [6, 6.07) is 4.42. The van der Waals surface area contributed by atoms with Crippen molar-refractivity contribution >= 4 is 21.6 Å². The van der Waals surface area contributed by atoms with Crippen LogP contribution in [0.15, 0.2) is 23.1 Å². The molecule has 0 bridgehead atoms. The Morgan fingerprint density at radius 2 is 2.12 bits per heavy atom. The number of halogens is 1. The van der Waals surface area contributed by atoms with Crippen LogP contribution in [0, 0.1) is 5.92 Å². The molecule has 8 heteroatoms. The van der Waals surface area contributed by atoms with Gasteiger partial charge in [0.2, 0.25) is 10.0 Å². The molecule has 136 valence electrons. The summed E-state index contributed by atoms with van der Waals surface area (Å²) in [6.45, 7) is 3.41. The van der Waals surface area contributed by atoms with Crippen LogP contribution in [-0.4, -0.2) is 52.2 Å². The number of hydrogen-bond acceptors (Lipinski definition) is 5. The van der Waals surface area contributed by atoms with Gasteiger partial charge in [0, 0.05) is 31.3 Å². The van der Waals surface area contributed by atoms with Gasteiger partial charge in [0.15, 0.2) is 0 Å². The lowest BCUT2D eigenvalue weighted by Gasteiger charge is -2.38. The van der Waals surface area contributed by atoms with Crippen molar-refractivity contribution in [1.82, 2.24) is 4.31 Å². The van der Waals surface area contributed by atoms with E-state index in [0.29, 0.717) is 24.7 Å². The first-order chi connectivity index (χ1) is 11.4. The van der Waals surface area contributed by atoms with Gasteiger partial charge in [-0.1, -0.05) is 18.5 Å². The minimum absolute atomic E-state index is 0.0821. The average molecular weight is 377 g/mol. The van der Waals surface area contributed by atoms with Crippen LogP contribution in [0.1, 0.15) is 19.8 Å². The first-order valence-corrected chi connectivity index (χ1v) is 9.86. The topological polar surface area (TPSA) is 81.9 Å². The third-order valence-corrected chi connectivity index (χ3v) is 6.52. The van der Waals surface area contributed by atoms with E-state index >= 15 is 0 Å². The maximum Gasteiger partial charge on any atom is 0.247 e. The van der Waals surface area contributed by atoms with Crippen LogP contribution in [0.25, 0.3) is 0 Å². The van der Waals surface area contributed by atoms with E-state index in [-0.39, 0.29) is 29.2 Å². The van der Waals surface area contributed by atoms with Crippen molar-refractivity contribution < 1.29 is 17.9 Å². The second-order valence-corrected chi connectivity index (χ2v) is 8.27. The molecule has 0 aliphatic carbocycles. The highest BCUT2D eigenvalue weighted by Gasteiger charge is 2.37. The Balaban J connectivity index is 2.38. The molecule has 1 fully saturated rings. The molecule has 0 unspecified atom stereocenters. The fourth-order valence-corrected chi connectivity index (χ4v) is 5.19. The summed E-state index contributed by atoms with van der Waals surface area (Å²) in [5.41, 5.74) is 5.85. The maximum atomic E-state index is 13.2. The molecule has 0 saturated carbocycles. The third kappa shape index (κ3) is 4.21. The van der Waals surface area contributed by atoms with Crippen molar-refractivity contribution in [1.29, 1.82) is 0 Å². The van der Waals surface area contributed by atoms with Crippen molar-refractivity contribution in [2.24, 2.45) is 11.7 Å². The van der Waals surface area contributed by atoms with Crippen LogP contribution in [0.2, 0.25) is 5.02 Å². The Hall–Kier alpha value is -0.860. The molecule has 1 aliphatic rings. The quantitative estimate of drug-likeness (QED) is 0.737. The van der Waals surface area contributed by atoms with Gasteiger partial charge in [0.1, 0.15) is 17.3 Å². The molecule has 1 aromatic carbocycles. The number of rotatable bonds is 7. The average Bonchev–Trinajstić information content (AvgIpc) is 2.56. The van der Waals surface area contributed by atoms with Crippen LogP contribution < -0.4 is 10.5 Å². The van der Waals surface area contributed by atoms with E-state index in [1.54, 1.807) is 19.2 Å². The molecular weight excluding hydrogens is 352 g/mol. The van der Waals surface area contributed by atoms with Crippen molar-refractivity contribution in [2.75, 3.05) is 33.4 Å². The molecule has 2 atom stereocenters. The number of nitrogens with zero attached hydrogens (tertiary/aromatic N) is 1. The zero-order valence-electron chi connectivity index (χ0n) is 14.1. The summed E-state index contributed by atoms with van der Waals surface area (Å²) in [6.07, 6.45) is 1.79. The van der Waals surface area contributed by atoms with Crippen molar-refractivity contribution in [3.05, 3.63) is 23.2 Å². The molecule has 2 N–H and O–H groups in total. The normalized spacial score (nSPS) is 22.5. The summed E-state index contributed by atoms with van der Waals surface area (Å²) >= 11 is 6.03. The first kappa shape index (κ1) is 19.5. The second-order valence-electron chi connectivity index (χ2n) is 5.97. The first-order valence-electron chi connectivity index (χ1n) is 8.05. The molecule has 6 nitrogen and oxygen atoms in total. The highest BCUT2D eigenvalue weighted by atomic mass is 35.5. The van der Waals surface area contributed by atoms with Crippen LogP contribution in [-0.2, 0) is 14.8 Å². The number of nitrogens with two attached hydrogens (primary N) is 1. The van der Waals surface area contributed by atoms with Gasteiger partial charge >= 0.3 is 0 Å². The van der Waals surface area contributed by atoms with Crippen LogP contribution in [0.5, 0.6) is 5.75 Å². The molecule has 1 heterocycles. The highest BCUT2D eigenvalue weighted by Crippen LogP contribution is 2.34. The molecule has 24 heavy (non-hydrogen) atoms. The number of ether oxygens (including phenoxy) is 2. The number of piperidine rings is 1. The van der Waals surface area contributed by atoms with E-state index in [1.165, 1.54) is 10.4 Å². The Morgan fingerprint density at radius 3 is 2.79 bits per heavy atom. The van der Waals surface area contributed by atoms with Gasteiger partial charge in [0.25, 0.3) is 0 Å². The largest absolute Gasteiger partial charge is 0.490 e. The van der Waals surface area contributed by atoms with E-state index in [1.807, 2.05) is 6.92 Å². The summed E-state index contributed by atoms with van der Waals surface area (Å²) in [4.78, 5) is 0.0821. The van der Waals surface area contributed by atoms with Gasteiger partial charge in [-0.2, -0.15) is 4.31 Å². The predicted molar refractivity (Wildman–Crippen MR) is 94.0 cm³/mol. The lowest BCUT2D eigenvalue weighted by atomic mass is 9.93. The van der Waals surface area contributed by atoms with E-state index in [0.717, 1.165) is 12.8 Å². The maximum absolute atomic E-state index is 13.2. The number of methoxy groups -OCH3 is 1. The minimum atomic E-state index is -3.74. The molecular formula is C16H25ClN2O4S. The molecule has 0 spiro atoms. The molecule has 0 aromatic heterocycles. The molecule has 1 saturated heterocycles. The van der Waals surface area contributed by atoms with Gasteiger partial charge in [-0.15, -0.1) is 0 Å². The Labute approximate surface area is 148 Å². The van der Waals surface area contributed by atoms with Crippen molar-refractivity contribution in [3.8, 4) is 5.75 Å². The van der Waals surface area contributed by atoms with Crippen molar-refractivity contribution in [2.45, 2.75) is 30.7 Å². The second kappa shape index (κ2) is 8.49. The smallest absolute Gasteiger partial charge is 0.247 e. The summed E-state index contributed by atoms with van der Waals surface area (Å²) < 4.78 is 38.4. The molecule has 2 rings (SSSR count). The third-order valence-electron chi connectivity index (χ3n) is 4.34. The Morgan fingerprint density at radius 1 is 1.38 bits per heavy atom. The van der Waals surface area contributed by atoms with E-state index in [2.05, 4.69) is 0 Å². The van der Waals surface area contributed by atoms with Gasteiger partial charge < -0.3 is 15.2 Å². The SMILES string of the molecule is COCCOc1ccc(Cl)cc1S(=O)(=O)N1CCC[C@H](C)[C@@H]1CN.